The molecule has 2 heterocycles. The molecule has 2 N–H and O–H groups in total. The van der Waals surface area contributed by atoms with Crippen molar-refractivity contribution in [3.63, 3.8) is 0 Å². The van der Waals surface area contributed by atoms with E-state index in [1.165, 1.54) is 20.9 Å². The Morgan fingerprint density at radius 1 is 1.54 bits per heavy atom. The van der Waals surface area contributed by atoms with Crippen LogP contribution >= 0.6 is 35.2 Å². The number of rotatable bonds is 2. The Morgan fingerprint density at radius 3 is 2.88 bits per heavy atom. The Hall–Kier alpha value is -1.95. The van der Waals surface area contributed by atoms with Gasteiger partial charge in [-0.05, 0) is 49.9 Å². The SMILES string of the molecule is Cc1nn(C)c(C(=O)NC(=S)Nc2sc3c(c2C#N)CC[C@H](C)C3)c1Cl. The number of anilines is 1. The van der Waals surface area contributed by atoms with Crippen molar-refractivity contribution in [2.24, 2.45) is 13.0 Å². The number of hydrogen-bond acceptors (Lipinski definition) is 5. The van der Waals surface area contributed by atoms with Crippen LogP contribution < -0.4 is 10.6 Å². The average molecular weight is 408 g/mol. The summed E-state index contributed by atoms with van der Waals surface area (Å²) >= 11 is 12.9. The second-order valence-corrected chi connectivity index (χ2v) is 8.34. The van der Waals surface area contributed by atoms with Gasteiger partial charge >= 0.3 is 0 Å². The summed E-state index contributed by atoms with van der Waals surface area (Å²) in [7, 11) is 1.65. The van der Waals surface area contributed by atoms with Crippen LogP contribution in [0.25, 0.3) is 0 Å². The molecule has 0 aromatic carbocycles. The standard InChI is InChI=1S/C17H18ClN5OS2/c1-8-4-5-10-11(7-19)16(26-12(10)6-8)21-17(25)20-15(24)14-13(18)9(2)22-23(14)3/h8H,4-6H2,1-3H3,(H2,20,21,24,25)/t8-/m0/s1. The Bertz CT molecular complexity index is 940. The van der Waals surface area contributed by atoms with Crippen LogP contribution in [0.1, 0.15) is 45.5 Å². The summed E-state index contributed by atoms with van der Waals surface area (Å²) < 4.78 is 1.42. The predicted molar refractivity (Wildman–Crippen MR) is 107 cm³/mol. The number of nitrogens with zero attached hydrogens (tertiary/aromatic N) is 3. The quantitative estimate of drug-likeness (QED) is 0.743. The van der Waals surface area contributed by atoms with Crippen LogP contribution in [0.5, 0.6) is 0 Å². The van der Waals surface area contributed by atoms with Crippen molar-refractivity contribution in [1.29, 1.82) is 5.26 Å². The summed E-state index contributed by atoms with van der Waals surface area (Å²) in [5.74, 6) is 0.173. The third-order valence-corrected chi connectivity index (χ3v) is 6.27. The highest BCUT2D eigenvalue weighted by Gasteiger charge is 2.25. The van der Waals surface area contributed by atoms with E-state index < -0.39 is 5.91 Å². The number of amides is 1. The molecule has 0 spiro atoms. The monoisotopic (exact) mass is 407 g/mol. The molecule has 0 fully saturated rings. The lowest BCUT2D eigenvalue weighted by Gasteiger charge is -2.17. The lowest BCUT2D eigenvalue weighted by molar-refractivity contribution is 0.0968. The number of thiocarbonyl (C=S) groups is 1. The molecule has 136 valence electrons. The van der Waals surface area contributed by atoms with Crippen LogP contribution in [0.3, 0.4) is 0 Å². The molecule has 26 heavy (non-hydrogen) atoms. The van der Waals surface area contributed by atoms with Crippen LogP contribution in [0, 0.1) is 24.2 Å². The van der Waals surface area contributed by atoms with Gasteiger partial charge < -0.3 is 5.32 Å². The Kier molecular flexibility index (Phi) is 5.32. The smallest absolute Gasteiger partial charge is 0.277 e. The molecule has 0 bridgehead atoms. The van der Waals surface area contributed by atoms with Gasteiger partial charge in [0.15, 0.2) is 5.11 Å². The van der Waals surface area contributed by atoms with Gasteiger partial charge in [0.25, 0.3) is 5.91 Å². The molecule has 2 aromatic rings. The third-order valence-electron chi connectivity index (χ3n) is 4.44. The normalized spacial score (nSPS) is 15.9. The van der Waals surface area contributed by atoms with Crippen molar-refractivity contribution >= 4 is 51.2 Å². The van der Waals surface area contributed by atoms with E-state index in [-0.39, 0.29) is 10.8 Å². The number of nitrogens with one attached hydrogen (secondary N) is 2. The molecule has 1 aliphatic rings. The van der Waals surface area contributed by atoms with Crippen molar-refractivity contribution in [2.45, 2.75) is 33.1 Å². The van der Waals surface area contributed by atoms with E-state index in [1.807, 2.05) is 0 Å². The first-order chi connectivity index (χ1) is 12.3. The van der Waals surface area contributed by atoms with Crippen molar-refractivity contribution in [1.82, 2.24) is 15.1 Å². The second-order valence-electron chi connectivity index (χ2n) is 6.45. The molecule has 1 amide bonds. The first kappa shape index (κ1) is 18.8. The predicted octanol–water partition coefficient (Wildman–Crippen LogP) is 3.57. The number of carbonyl (C=O) groups excluding carboxylic acids is 1. The first-order valence-electron chi connectivity index (χ1n) is 8.17. The summed E-state index contributed by atoms with van der Waals surface area (Å²) in [5, 5.41) is 20.4. The molecule has 0 saturated heterocycles. The minimum Gasteiger partial charge on any atom is -0.323 e. The fraction of sp³-hybridized carbons (Fsp3) is 0.412. The second kappa shape index (κ2) is 7.35. The fourth-order valence-electron chi connectivity index (χ4n) is 3.13. The van der Waals surface area contributed by atoms with E-state index in [1.54, 1.807) is 14.0 Å². The molecule has 1 atom stereocenters. The maximum atomic E-state index is 12.4. The highest BCUT2D eigenvalue weighted by atomic mass is 35.5. The summed E-state index contributed by atoms with van der Waals surface area (Å²) in [6.07, 6.45) is 2.96. The average Bonchev–Trinajstić information content (AvgIpc) is 3.02. The molecule has 0 saturated carbocycles. The molecule has 6 nitrogen and oxygen atoms in total. The van der Waals surface area contributed by atoms with Crippen molar-refractivity contribution < 1.29 is 4.79 Å². The molecule has 1 aliphatic carbocycles. The largest absolute Gasteiger partial charge is 0.323 e. The number of hydrogen-bond donors (Lipinski definition) is 2. The van der Waals surface area contributed by atoms with Gasteiger partial charge in [0.05, 0.1) is 16.3 Å². The zero-order valence-electron chi connectivity index (χ0n) is 14.6. The number of halogens is 1. The maximum Gasteiger partial charge on any atom is 0.277 e. The van der Waals surface area contributed by atoms with E-state index in [4.69, 9.17) is 23.8 Å². The first-order valence-corrected chi connectivity index (χ1v) is 9.78. The minimum atomic E-state index is -0.441. The zero-order chi connectivity index (χ0) is 19.0. The third kappa shape index (κ3) is 3.47. The molecule has 2 aromatic heterocycles. The Morgan fingerprint density at radius 2 is 2.27 bits per heavy atom. The molecular weight excluding hydrogens is 390 g/mol. The van der Waals surface area contributed by atoms with Crippen LogP contribution in [0.15, 0.2) is 0 Å². The summed E-state index contributed by atoms with van der Waals surface area (Å²) in [4.78, 5) is 13.7. The number of thiophene rings is 1. The van der Waals surface area contributed by atoms with Gasteiger partial charge in [-0.3, -0.25) is 14.8 Å². The molecule has 0 radical (unpaired) electrons. The Labute approximate surface area is 166 Å². The minimum absolute atomic E-state index is 0.132. The van der Waals surface area contributed by atoms with Crippen LogP contribution in [0.4, 0.5) is 5.00 Å². The van der Waals surface area contributed by atoms with E-state index in [0.29, 0.717) is 27.2 Å². The number of aromatic nitrogens is 2. The Balaban J connectivity index is 1.77. The molecular formula is C17H18ClN5OS2. The lowest BCUT2D eigenvalue weighted by Crippen LogP contribution is -2.35. The van der Waals surface area contributed by atoms with Crippen LogP contribution in [0.2, 0.25) is 5.02 Å². The number of nitriles is 1. The number of aryl methyl sites for hydroxylation is 2. The zero-order valence-corrected chi connectivity index (χ0v) is 17.0. The topological polar surface area (TPSA) is 82.7 Å². The summed E-state index contributed by atoms with van der Waals surface area (Å²) in [6, 6.07) is 2.27. The highest BCUT2D eigenvalue weighted by Crippen LogP contribution is 2.39. The van der Waals surface area contributed by atoms with Gasteiger partial charge in [-0.1, -0.05) is 18.5 Å². The van der Waals surface area contributed by atoms with Gasteiger partial charge in [0.1, 0.15) is 16.8 Å². The van der Waals surface area contributed by atoms with Crippen LogP contribution in [-0.4, -0.2) is 20.8 Å². The number of carbonyl (C=O) groups is 1. The van der Waals surface area contributed by atoms with Crippen molar-refractivity contribution in [3.8, 4) is 6.07 Å². The van der Waals surface area contributed by atoms with Gasteiger partial charge in [-0.25, -0.2) is 0 Å². The summed E-state index contributed by atoms with van der Waals surface area (Å²) in [6.45, 7) is 3.94. The van der Waals surface area contributed by atoms with E-state index in [0.717, 1.165) is 24.8 Å². The van der Waals surface area contributed by atoms with E-state index >= 15 is 0 Å². The molecule has 9 heteroatoms. The molecule has 3 rings (SSSR count). The van der Waals surface area contributed by atoms with Gasteiger partial charge in [-0.15, -0.1) is 11.3 Å². The van der Waals surface area contributed by atoms with Gasteiger partial charge in [0, 0.05) is 11.9 Å². The number of fused-ring (bicyclic) bond motifs is 1. The molecule has 0 aliphatic heterocycles. The van der Waals surface area contributed by atoms with Crippen molar-refractivity contribution in [2.75, 3.05) is 5.32 Å². The van der Waals surface area contributed by atoms with Crippen LogP contribution in [-0.2, 0) is 19.9 Å². The van der Waals surface area contributed by atoms with E-state index in [9.17, 15) is 10.1 Å². The van der Waals surface area contributed by atoms with E-state index in [2.05, 4.69) is 28.7 Å². The maximum absolute atomic E-state index is 12.4. The molecule has 0 unspecified atom stereocenters. The summed E-state index contributed by atoms with van der Waals surface area (Å²) in [5.41, 5.74) is 2.55. The fourth-order valence-corrected chi connectivity index (χ4v) is 5.00. The van der Waals surface area contributed by atoms with Gasteiger partial charge in [0.2, 0.25) is 0 Å². The van der Waals surface area contributed by atoms with Gasteiger partial charge in [-0.2, -0.15) is 10.4 Å². The highest BCUT2D eigenvalue weighted by molar-refractivity contribution is 7.80. The van der Waals surface area contributed by atoms with Crippen molar-refractivity contribution in [3.05, 3.63) is 32.4 Å². The lowest BCUT2D eigenvalue weighted by atomic mass is 9.89.